The Morgan fingerprint density at radius 3 is 2.44 bits per heavy atom. The molecule has 1 N–H and O–H groups in total. The minimum atomic E-state index is 0.549. The maximum atomic E-state index is 4.65. The molecule has 104 valence electrons. The van der Waals surface area contributed by atoms with E-state index in [1.807, 2.05) is 0 Å². The number of hydrogen-bond acceptors (Lipinski definition) is 2. The van der Waals surface area contributed by atoms with Crippen molar-refractivity contribution < 1.29 is 0 Å². The van der Waals surface area contributed by atoms with Crippen molar-refractivity contribution in [2.45, 2.75) is 60.0 Å². The summed E-state index contributed by atoms with van der Waals surface area (Å²) in [4.78, 5) is 0. The van der Waals surface area contributed by atoms with Crippen molar-refractivity contribution in [3.63, 3.8) is 0 Å². The van der Waals surface area contributed by atoms with Gasteiger partial charge in [-0.2, -0.15) is 5.10 Å². The average molecular weight is 251 g/mol. The molecule has 0 radical (unpaired) electrons. The molecule has 1 aromatic heterocycles. The van der Waals surface area contributed by atoms with Crippen molar-refractivity contribution >= 4 is 0 Å². The van der Waals surface area contributed by atoms with E-state index < -0.39 is 0 Å². The van der Waals surface area contributed by atoms with Gasteiger partial charge in [-0.3, -0.25) is 4.68 Å². The van der Waals surface area contributed by atoms with Crippen LogP contribution in [0, 0.1) is 11.8 Å². The van der Waals surface area contributed by atoms with Crippen LogP contribution in [0.4, 0.5) is 0 Å². The van der Waals surface area contributed by atoms with Gasteiger partial charge in [-0.05, 0) is 37.3 Å². The summed E-state index contributed by atoms with van der Waals surface area (Å²) < 4.78 is 2.11. The van der Waals surface area contributed by atoms with E-state index in [2.05, 4.69) is 62.0 Å². The molecule has 0 aliphatic rings. The molecule has 0 fully saturated rings. The van der Waals surface area contributed by atoms with E-state index in [1.54, 1.807) is 0 Å². The maximum absolute atomic E-state index is 4.65. The van der Waals surface area contributed by atoms with Crippen molar-refractivity contribution in [1.29, 1.82) is 0 Å². The normalized spacial score (nSPS) is 13.5. The Balaban J connectivity index is 2.40. The minimum absolute atomic E-state index is 0.549. The van der Waals surface area contributed by atoms with Crippen LogP contribution in [-0.4, -0.2) is 16.3 Å². The number of nitrogens with one attached hydrogen (secondary N) is 1. The van der Waals surface area contributed by atoms with Crippen molar-refractivity contribution in [3.8, 4) is 0 Å². The smallest absolute Gasteiger partial charge is 0.0762 e. The molecule has 0 aliphatic heterocycles. The van der Waals surface area contributed by atoms with Gasteiger partial charge in [0.05, 0.1) is 11.7 Å². The Bertz CT molecular complexity index is 326. The van der Waals surface area contributed by atoms with E-state index in [-0.39, 0.29) is 0 Å². The highest BCUT2D eigenvalue weighted by molar-refractivity contribution is 4.99. The second-order valence-electron chi connectivity index (χ2n) is 5.61. The van der Waals surface area contributed by atoms with Crippen LogP contribution in [0.2, 0.25) is 0 Å². The van der Waals surface area contributed by atoms with Crippen LogP contribution in [0.3, 0.4) is 0 Å². The Kier molecular flexibility index (Phi) is 6.41. The summed E-state index contributed by atoms with van der Waals surface area (Å²) in [5.41, 5.74) is 1.15. The van der Waals surface area contributed by atoms with Gasteiger partial charge in [-0.1, -0.05) is 34.6 Å². The fourth-order valence-electron chi connectivity index (χ4n) is 2.00. The van der Waals surface area contributed by atoms with Gasteiger partial charge in [0, 0.05) is 12.7 Å². The summed E-state index contributed by atoms with van der Waals surface area (Å²) >= 11 is 0. The Morgan fingerprint density at radius 2 is 1.89 bits per heavy atom. The second kappa shape index (κ2) is 7.57. The van der Waals surface area contributed by atoms with Crippen molar-refractivity contribution in [3.05, 3.63) is 18.0 Å². The molecule has 1 unspecified atom stereocenters. The lowest BCUT2D eigenvalue weighted by Crippen LogP contribution is -2.24. The lowest BCUT2D eigenvalue weighted by atomic mass is 9.98. The van der Waals surface area contributed by atoms with E-state index in [9.17, 15) is 0 Å². The molecule has 1 rings (SSSR count). The lowest BCUT2D eigenvalue weighted by molar-refractivity contribution is 0.388. The molecular formula is C15H29N3. The molecule has 1 atom stereocenters. The largest absolute Gasteiger partial charge is 0.311 e. The molecule has 0 bridgehead atoms. The molecular weight excluding hydrogens is 222 g/mol. The van der Waals surface area contributed by atoms with Crippen LogP contribution < -0.4 is 5.32 Å². The molecule has 0 aliphatic carbocycles. The highest BCUT2D eigenvalue weighted by atomic mass is 15.3. The van der Waals surface area contributed by atoms with Crippen molar-refractivity contribution in [1.82, 2.24) is 15.1 Å². The Labute approximate surface area is 112 Å². The highest BCUT2D eigenvalue weighted by Crippen LogP contribution is 2.14. The molecule has 0 saturated carbocycles. The van der Waals surface area contributed by atoms with Gasteiger partial charge >= 0.3 is 0 Å². The predicted octanol–water partition coefficient (Wildman–Crippen LogP) is 3.63. The fraction of sp³-hybridized carbons (Fsp3) is 0.800. The summed E-state index contributed by atoms with van der Waals surface area (Å²) in [7, 11) is 0. The number of nitrogens with zero attached hydrogens (tertiary/aromatic N) is 2. The minimum Gasteiger partial charge on any atom is -0.311 e. The van der Waals surface area contributed by atoms with Gasteiger partial charge in [0.2, 0.25) is 0 Å². The van der Waals surface area contributed by atoms with Gasteiger partial charge in [-0.25, -0.2) is 0 Å². The van der Waals surface area contributed by atoms with Gasteiger partial charge in [0.1, 0.15) is 0 Å². The van der Waals surface area contributed by atoms with E-state index >= 15 is 0 Å². The van der Waals surface area contributed by atoms with Gasteiger partial charge in [0.25, 0.3) is 0 Å². The van der Waals surface area contributed by atoms with Crippen molar-refractivity contribution in [2.24, 2.45) is 11.8 Å². The predicted molar refractivity (Wildman–Crippen MR) is 77.6 cm³/mol. The fourth-order valence-corrected chi connectivity index (χ4v) is 2.00. The third-order valence-electron chi connectivity index (χ3n) is 3.89. The first-order valence-electron chi connectivity index (χ1n) is 7.33. The lowest BCUT2D eigenvalue weighted by Gasteiger charge is -2.15. The molecule has 0 aromatic carbocycles. The zero-order valence-electron chi connectivity index (χ0n) is 12.6. The summed E-state index contributed by atoms with van der Waals surface area (Å²) in [6, 6.07) is 2.68. The van der Waals surface area contributed by atoms with Crippen LogP contribution in [0.5, 0.6) is 0 Å². The monoisotopic (exact) mass is 251 g/mol. The standard InChI is InChI=1S/C15H29N3/c1-6-15(7-2)18-9-8-14(17-18)11-16-10-13(5)12(3)4/h8-9,12-13,15-16H,6-7,10-11H2,1-5H3. The summed E-state index contributed by atoms with van der Waals surface area (Å²) in [6.07, 6.45) is 4.41. The number of rotatable bonds is 8. The molecule has 1 aromatic rings. The third kappa shape index (κ3) is 4.45. The van der Waals surface area contributed by atoms with Gasteiger partial charge in [0.15, 0.2) is 0 Å². The molecule has 0 spiro atoms. The van der Waals surface area contributed by atoms with E-state index in [1.165, 1.54) is 0 Å². The molecule has 0 saturated heterocycles. The number of hydrogen-bond donors (Lipinski definition) is 1. The van der Waals surface area contributed by atoms with Crippen LogP contribution in [-0.2, 0) is 6.54 Å². The molecule has 0 amide bonds. The second-order valence-corrected chi connectivity index (χ2v) is 5.61. The van der Waals surface area contributed by atoms with Gasteiger partial charge < -0.3 is 5.32 Å². The quantitative estimate of drug-likeness (QED) is 0.764. The molecule has 3 heteroatoms. The first-order valence-corrected chi connectivity index (χ1v) is 7.33. The van der Waals surface area contributed by atoms with Crippen LogP contribution in [0.25, 0.3) is 0 Å². The molecule has 18 heavy (non-hydrogen) atoms. The van der Waals surface area contributed by atoms with E-state index in [0.717, 1.165) is 37.5 Å². The first-order chi connectivity index (χ1) is 8.58. The Morgan fingerprint density at radius 1 is 1.22 bits per heavy atom. The topological polar surface area (TPSA) is 29.9 Å². The molecule has 3 nitrogen and oxygen atoms in total. The van der Waals surface area contributed by atoms with Gasteiger partial charge in [-0.15, -0.1) is 0 Å². The SMILES string of the molecule is CCC(CC)n1ccc(CNCC(C)C(C)C)n1. The number of aromatic nitrogens is 2. The third-order valence-corrected chi connectivity index (χ3v) is 3.89. The average Bonchev–Trinajstić information content (AvgIpc) is 2.79. The van der Waals surface area contributed by atoms with Crippen LogP contribution in [0.15, 0.2) is 12.3 Å². The highest BCUT2D eigenvalue weighted by Gasteiger charge is 2.09. The zero-order chi connectivity index (χ0) is 13.5. The van der Waals surface area contributed by atoms with Crippen LogP contribution in [0.1, 0.15) is 59.2 Å². The van der Waals surface area contributed by atoms with E-state index in [0.29, 0.717) is 12.0 Å². The summed E-state index contributed by atoms with van der Waals surface area (Å²) in [5, 5.41) is 8.14. The summed E-state index contributed by atoms with van der Waals surface area (Å²) in [5.74, 6) is 1.45. The molecule has 1 heterocycles. The van der Waals surface area contributed by atoms with Crippen LogP contribution >= 0.6 is 0 Å². The first kappa shape index (κ1) is 15.2. The summed E-state index contributed by atoms with van der Waals surface area (Å²) in [6.45, 7) is 13.2. The van der Waals surface area contributed by atoms with Crippen molar-refractivity contribution in [2.75, 3.05) is 6.54 Å². The Hall–Kier alpha value is -0.830. The van der Waals surface area contributed by atoms with E-state index in [4.69, 9.17) is 0 Å². The maximum Gasteiger partial charge on any atom is 0.0762 e. The zero-order valence-corrected chi connectivity index (χ0v) is 12.6.